The highest BCUT2D eigenvalue weighted by atomic mass is 16.2. The van der Waals surface area contributed by atoms with E-state index in [-0.39, 0.29) is 17.9 Å². The van der Waals surface area contributed by atoms with E-state index in [0.717, 1.165) is 19.4 Å². The molecule has 1 fully saturated rings. The van der Waals surface area contributed by atoms with Crippen molar-refractivity contribution < 1.29 is 9.59 Å². The number of carbonyl (C=O) groups is 2. The van der Waals surface area contributed by atoms with Crippen LogP contribution in [0.3, 0.4) is 0 Å². The lowest BCUT2D eigenvalue weighted by Gasteiger charge is -2.22. The topological polar surface area (TPSA) is 61.4 Å². The van der Waals surface area contributed by atoms with Crippen LogP contribution in [0, 0.1) is 5.92 Å². The molecule has 2 N–H and O–H groups in total. The van der Waals surface area contributed by atoms with Crippen LogP contribution in [-0.2, 0) is 17.8 Å². The quantitative estimate of drug-likeness (QED) is 0.861. The zero-order chi connectivity index (χ0) is 14.7. The normalized spacial score (nSPS) is 21.4. The lowest BCUT2D eigenvalue weighted by molar-refractivity contribution is -0.119. The lowest BCUT2D eigenvalue weighted by atomic mass is 10.0. The van der Waals surface area contributed by atoms with Gasteiger partial charge in [0.25, 0.3) is 0 Å². The second-order valence-corrected chi connectivity index (χ2v) is 5.85. The van der Waals surface area contributed by atoms with Gasteiger partial charge in [0.2, 0.25) is 5.91 Å². The molecule has 0 radical (unpaired) electrons. The molecule has 0 saturated carbocycles. The number of nitrogens with zero attached hydrogens (tertiary/aromatic N) is 1. The van der Waals surface area contributed by atoms with Gasteiger partial charge in [0.1, 0.15) is 0 Å². The Labute approximate surface area is 124 Å². The van der Waals surface area contributed by atoms with Crippen LogP contribution >= 0.6 is 0 Å². The highest BCUT2D eigenvalue weighted by molar-refractivity contribution is 5.78. The van der Waals surface area contributed by atoms with Crippen LogP contribution in [0.1, 0.15) is 24.0 Å². The number of urea groups is 1. The number of rotatable bonds is 2. The fraction of sp³-hybridized carbons (Fsp3) is 0.500. The first-order valence-electron chi connectivity index (χ1n) is 7.58. The Balaban J connectivity index is 1.56. The van der Waals surface area contributed by atoms with Crippen LogP contribution < -0.4 is 10.6 Å². The van der Waals surface area contributed by atoms with Crippen molar-refractivity contribution in [2.75, 3.05) is 19.6 Å². The second kappa shape index (κ2) is 6.16. The number of hydrogen-bond acceptors (Lipinski definition) is 2. The molecule has 1 atom stereocenters. The molecule has 0 spiro atoms. The van der Waals surface area contributed by atoms with Crippen molar-refractivity contribution in [1.82, 2.24) is 15.5 Å². The van der Waals surface area contributed by atoms with Gasteiger partial charge in [0.05, 0.1) is 0 Å². The minimum atomic E-state index is -0.0222. The molecule has 2 aliphatic heterocycles. The van der Waals surface area contributed by atoms with Crippen molar-refractivity contribution in [3.63, 3.8) is 0 Å². The van der Waals surface area contributed by atoms with Crippen LogP contribution in [0.15, 0.2) is 24.3 Å². The summed E-state index contributed by atoms with van der Waals surface area (Å²) in [5, 5.41) is 5.76. The third kappa shape index (κ3) is 3.35. The monoisotopic (exact) mass is 287 g/mol. The Hall–Kier alpha value is -2.04. The number of amides is 3. The summed E-state index contributed by atoms with van der Waals surface area (Å²) < 4.78 is 0. The summed E-state index contributed by atoms with van der Waals surface area (Å²) in [6.45, 7) is 2.68. The van der Waals surface area contributed by atoms with E-state index < -0.39 is 0 Å². The molecule has 2 heterocycles. The van der Waals surface area contributed by atoms with Crippen LogP contribution in [0.5, 0.6) is 0 Å². The molecule has 3 rings (SSSR count). The molecule has 21 heavy (non-hydrogen) atoms. The van der Waals surface area contributed by atoms with Crippen molar-refractivity contribution in [3.8, 4) is 0 Å². The molecule has 3 amide bonds. The average Bonchev–Trinajstić information content (AvgIpc) is 2.79. The molecule has 5 heteroatoms. The summed E-state index contributed by atoms with van der Waals surface area (Å²) in [5.74, 6) is 0.304. The Bertz CT molecular complexity index is 544. The summed E-state index contributed by atoms with van der Waals surface area (Å²) in [6.07, 6.45) is 2.54. The average molecular weight is 287 g/mol. The lowest BCUT2D eigenvalue weighted by Crippen LogP contribution is -2.41. The van der Waals surface area contributed by atoms with Crippen molar-refractivity contribution in [2.45, 2.75) is 25.8 Å². The molecule has 0 aliphatic carbocycles. The first-order chi connectivity index (χ1) is 10.2. The van der Waals surface area contributed by atoms with Gasteiger partial charge in [0, 0.05) is 38.5 Å². The number of nitrogens with one attached hydrogen (secondary N) is 2. The molecule has 5 nitrogen and oxygen atoms in total. The van der Waals surface area contributed by atoms with Crippen molar-refractivity contribution in [1.29, 1.82) is 0 Å². The fourth-order valence-electron chi connectivity index (χ4n) is 3.03. The van der Waals surface area contributed by atoms with Crippen molar-refractivity contribution in [3.05, 3.63) is 35.4 Å². The van der Waals surface area contributed by atoms with E-state index in [1.54, 1.807) is 0 Å². The number of hydrogen-bond donors (Lipinski definition) is 2. The van der Waals surface area contributed by atoms with Gasteiger partial charge in [-0.3, -0.25) is 4.79 Å². The molecular formula is C16H21N3O2. The summed E-state index contributed by atoms with van der Waals surface area (Å²) in [5.41, 5.74) is 2.58. The number of benzene rings is 1. The molecule has 1 saturated heterocycles. The van der Waals surface area contributed by atoms with E-state index >= 15 is 0 Å². The maximum absolute atomic E-state index is 12.3. The summed E-state index contributed by atoms with van der Waals surface area (Å²) >= 11 is 0. The number of fused-ring (bicyclic) bond motifs is 1. The minimum absolute atomic E-state index is 0.0222. The van der Waals surface area contributed by atoms with Crippen LogP contribution in [0.2, 0.25) is 0 Å². The van der Waals surface area contributed by atoms with Crippen LogP contribution in [-0.4, -0.2) is 36.5 Å². The third-order valence-electron chi connectivity index (χ3n) is 4.24. The molecule has 1 aromatic carbocycles. The maximum atomic E-state index is 12.3. The second-order valence-electron chi connectivity index (χ2n) is 5.85. The van der Waals surface area contributed by atoms with Gasteiger partial charge in [0.15, 0.2) is 0 Å². The maximum Gasteiger partial charge on any atom is 0.317 e. The highest BCUT2D eigenvalue weighted by Crippen LogP contribution is 2.18. The smallest absolute Gasteiger partial charge is 0.317 e. The zero-order valence-electron chi connectivity index (χ0n) is 12.1. The predicted octanol–water partition coefficient (Wildman–Crippen LogP) is 1.28. The molecule has 112 valence electrons. The minimum Gasteiger partial charge on any atom is -0.356 e. The van der Waals surface area contributed by atoms with Gasteiger partial charge in [-0.15, -0.1) is 0 Å². The first kappa shape index (κ1) is 13.9. The number of carbonyl (C=O) groups excluding carboxylic acids is 2. The summed E-state index contributed by atoms with van der Waals surface area (Å²) in [4.78, 5) is 25.3. The SMILES string of the molecule is O=C1CC(CNC(=O)N2CCCc3ccccc3C2)CN1. The van der Waals surface area contributed by atoms with E-state index in [2.05, 4.69) is 28.8 Å². The van der Waals surface area contributed by atoms with Crippen molar-refractivity contribution >= 4 is 11.9 Å². The van der Waals surface area contributed by atoms with Gasteiger partial charge >= 0.3 is 6.03 Å². The van der Waals surface area contributed by atoms with Gasteiger partial charge in [-0.2, -0.15) is 0 Å². The molecule has 0 aromatic heterocycles. The molecule has 1 aromatic rings. The van der Waals surface area contributed by atoms with Crippen LogP contribution in [0.25, 0.3) is 0 Å². The summed E-state index contributed by atoms with van der Waals surface area (Å²) in [7, 11) is 0. The van der Waals surface area contributed by atoms with Gasteiger partial charge in [-0.25, -0.2) is 4.79 Å². The van der Waals surface area contributed by atoms with E-state index in [4.69, 9.17) is 0 Å². The third-order valence-corrected chi connectivity index (χ3v) is 4.24. The standard InChI is InChI=1S/C16H21N3O2/c20-15-8-12(9-17-15)10-18-16(21)19-7-3-6-13-4-1-2-5-14(13)11-19/h1-2,4-5,12H,3,6-11H2,(H,17,20)(H,18,21). The summed E-state index contributed by atoms with van der Waals surface area (Å²) in [6, 6.07) is 8.30. The Morgan fingerprint density at radius 3 is 2.90 bits per heavy atom. The van der Waals surface area contributed by atoms with Gasteiger partial charge < -0.3 is 15.5 Å². The first-order valence-corrected chi connectivity index (χ1v) is 7.58. The van der Waals surface area contributed by atoms with Gasteiger partial charge in [-0.05, 0) is 24.0 Å². The van der Waals surface area contributed by atoms with E-state index in [1.165, 1.54) is 11.1 Å². The molecule has 1 unspecified atom stereocenters. The van der Waals surface area contributed by atoms with E-state index in [0.29, 0.717) is 26.1 Å². The van der Waals surface area contributed by atoms with Crippen molar-refractivity contribution in [2.24, 2.45) is 5.92 Å². The Morgan fingerprint density at radius 1 is 1.33 bits per heavy atom. The molecular weight excluding hydrogens is 266 g/mol. The van der Waals surface area contributed by atoms with Crippen LogP contribution in [0.4, 0.5) is 4.79 Å². The highest BCUT2D eigenvalue weighted by Gasteiger charge is 2.23. The van der Waals surface area contributed by atoms with E-state index in [1.807, 2.05) is 11.0 Å². The fourth-order valence-corrected chi connectivity index (χ4v) is 3.03. The largest absolute Gasteiger partial charge is 0.356 e. The molecule has 2 aliphatic rings. The number of aryl methyl sites for hydroxylation is 1. The van der Waals surface area contributed by atoms with E-state index in [9.17, 15) is 9.59 Å². The predicted molar refractivity (Wildman–Crippen MR) is 79.7 cm³/mol. The zero-order valence-corrected chi connectivity index (χ0v) is 12.1. The Morgan fingerprint density at radius 2 is 2.14 bits per heavy atom. The Kier molecular flexibility index (Phi) is 4.08. The molecule has 0 bridgehead atoms. The van der Waals surface area contributed by atoms with Gasteiger partial charge in [-0.1, -0.05) is 24.3 Å².